The maximum Gasteiger partial charge on any atom is 0.168 e. The molecule has 3 rings (SSSR count). The Hall–Kier alpha value is -2.20. The standard InChI is InChI=1S/C18H18N2OS/c1-20-17(15-8-4-3-5-9-15)12-19-18(20)22-13-14-7-6-10-16(11-14)21-2/h3-12H,13H2,1-2H3. The number of benzene rings is 2. The van der Waals surface area contributed by atoms with Crippen LogP contribution in [0.1, 0.15) is 5.56 Å². The molecule has 0 N–H and O–H groups in total. The van der Waals surface area contributed by atoms with Gasteiger partial charge in [-0.3, -0.25) is 0 Å². The molecule has 0 aliphatic rings. The number of hydrogen-bond donors (Lipinski definition) is 0. The summed E-state index contributed by atoms with van der Waals surface area (Å²) in [6.07, 6.45) is 1.93. The van der Waals surface area contributed by atoms with E-state index < -0.39 is 0 Å². The zero-order valence-electron chi connectivity index (χ0n) is 12.7. The Labute approximate surface area is 135 Å². The molecule has 22 heavy (non-hydrogen) atoms. The zero-order chi connectivity index (χ0) is 15.4. The van der Waals surface area contributed by atoms with Crippen molar-refractivity contribution in [3.8, 4) is 17.0 Å². The van der Waals surface area contributed by atoms with Crippen LogP contribution in [0.2, 0.25) is 0 Å². The average Bonchev–Trinajstić information content (AvgIpc) is 2.95. The van der Waals surface area contributed by atoms with Gasteiger partial charge in [0.1, 0.15) is 5.75 Å². The van der Waals surface area contributed by atoms with Crippen LogP contribution in [0.15, 0.2) is 66.0 Å². The van der Waals surface area contributed by atoms with E-state index in [2.05, 4.69) is 40.9 Å². The third-order valence-electron chi connectivity index (χ3n) is 3.52. The Morgan fingerprint density at radius 1 is 1.09 bits per heavy atom. The van der Waals surface area contributed by atoms with E-state index in [1.165, 1.54) is 11.1 Å². The molecular weight excluding hydrogens is 292 g/mol. The van der Waals surface area contributed by atoms with E-state index in [-0.39, 0.29) is 0 Å². The molecule has 2 aromatic carbocycles. The maximum absolute atomic E-state index is 5.26. The number of thioether (sulfide) groups is 1. The Balaban J connectivity index is 1.75. The molecule has 3 aromatic rings. The van der Waals surface area contributed by atoms with Gasteiger partial charge in [-0.05, 0) is 23.3 Å². The van der Waals surface area contributed by atoms with E-state index in [1.54, 1.807) is 18.9 Å². The van der Waals surface area contributed by atoms with Crippen LogP contribution in [-0.2, 0) is 12.8 Å². The monoisotopic (exact) mass is 310 g/mol. The first-order chi connectivity index (χ1) is 10.8. The number of aromatic nitrogens is 2. The number of nitrogens with zero attached hydrogens (tertiary/aromatic N) is 2. The molecule has 0 fully saturated rings. The largest absolute Gasteiger partial charge is 0.497 e. The minimum Gasteiger partial charge on any atom is -0.497 e. The van der Waals surface area contributed by atoms with Crippen LogP contribution in [0, 0.1) is 0 Å². The van der Waals surface area contributed by atoms with Gasteiger partial charge in [-0.15, -0.1) is 0 Å². The summed E-state index contributed by atoms with van der Waals surface area (Å²) in [5.41, 5.74) is 3.55. The van der Waals surface area contributed by atoms with Crippen molar-refractivity contribution in [2.45, 2.75) is 10.9 Å². The fourth-order valence-corrected chi connectivity index (χ4v) is 3.21. The number of ether oxygens (including phenoxy) is 1. The van der Waals surface area contributed by atoms with Gasteiger partial charge in [0.25, 0.3) is 0 Å². The number of imidazole rings is 1. The highest BCUT2D eigenvalue weighted by Crippen LogP contribution is 2.27. The normalized spacial score (nSPS) is 10.6. The smallest absolute Gasteiger partial charge is 0.168 e. The molecule has 0 saturated heterocycles. The van der Waals surface area contributed by atoms with Crippen LogP contribution >= 0.6 is 11.8 Å². The van der Waals surface area contributed by atoms with Crippen molar-refractivity contribution in [1.82, 2.24) is 9.55 Å². The Morgan fingerprint density at radius 2 is 1.91 bits per heavy atom. The molecule has 0 radical (unpaired) electrons. The molecule has 0 atom stereocenters. The van der Waals surface area contributed by atoms with Gasteiger partial charge in [0, 0.05) is 12.8 Å². The lowest BCUT2D eigenvalue weighted by molar-refractivity contribution is 0.414. The highest BCUT2D eigenvalue weighted by Gasteiger charge is 2.09. The number of methoxy groups -OCH3 is 1. The second-order valence-corrected chi connectivity index (χ2v) is 5.93. The summed E-state index contributed by atoms with van der Waals surface area (Å²) in [5.74, 6) is 1.76. The molecule has 0 saturated carbocycles. The molecule has 1 heterocycles. The van der Waals surface area contributed by atoms with E-state index in [0.29, 0.717) is 0 Å². The van der Waals surface area contributed by atoms with Crippen LogP contribution in [0.3, 0.4) is 0 Å². The third kappa shape index (κ3) is 3.17. The highest BCUT2D eigenvalue weighted by molar-refractivity contribution is 7.98. The molecule has 112 valence electrons. The van der Waals surface area contributed by atoms with E-state index in [9.17, 15) is 0 Å². The van der Waals surface area contributed by atoms with E-state index >= 15 is 0 Å². The van der Waals surface area contributed by atoms with Gasteiger partial charge in [-0.25, -0.2) is 4.98 Å². The second-order valence-electron chi connectivity index (χ2n) is 4.99. The Kier molecular flexibility index (Phi) is 4.49. The lowest BCUT2D eigenvalue weighted by Gasteiger charge is -2.07. The summed E-state index contributed by atoms with van der Waals surface area (Å²) in [6, 6.07) is 18.5. The van der Waals surface area contributed by atoms with Crippen molar-refractivity contribution in [2.24, 2.45) is 7.05 Å². The molecule has 0 bridgehead atoms. The van der Waals surface area contributed by atoms with Crippen molar-refractivity contribution >= 4 is 11.8 Å². The van der Waals surface area contributed by atoms with Crippen molar-refractivity contribution in [3.63, 3.8) is 0 Å². The van der Waals surface area contributed by atoms with Gasteiger partial charge in [-0.2, -0.15) is 0 Å². The predicted octanol–water partition coefficient (Wildman–Crippen LogP) is 4.39. The van der Waals surface area contributed by atoms with Gasteiger partial charge in [-0.1, -0.05) is 54.2 Å². The first-order valence-corrected chi connectivity index (χ1v) is 8.09. The van der Waals surface area contributed by atoms with Crippen LogP contribution in [0.4, 0.5) is 0 Å². The van der Waals surface area contributed by atoms with Crippen molar-refractivity contribution in [1.29, 1.82) is 0 Å². The molecule has 0 unspecified atom stereocenters. The molecular formula is C18H18N2OS. The summed E-state index contributed by atoms with van der Waals surface area (Å²) in [7, 11) is 3.75. The van der Waals surface area contributed by atoms with Gasteiger partial charge in [0.15, 0.2) is 5.16 Å². The SMILES string of the molecule is COc1cccc(CSc2ncc(-c3ccccc3)n2C)c1. The summed E-state index contributed by atoms with van der Waals surface area (Å²) in [5, 5.41) is 1.02. The maximum atomic E-state index is 5.26. The lowest BCUT2D eigenvalue weighted by atomic mass is 10.2. The Morgan fingerprint density at radius 3 is 2.68 bits per heavy atom. The second kappa shape index (κ2) is 6.71. The molecule has 3 nitrogen and oxygen atoms in total. The van der Waals surface area contributed by atoms with Gasteiger partial charge >= 0.3 is 0 Å². The number of hydrogen-bond acceptors (Lipinski definition) is 3. The molecule has 0 aliphatic carbocycles. The molecule has 0 aliphatic heterocycles. The van der Waals surface area contributed by atoms with E-state index in [4.69, 9.17) is 4.74 Å². The quantitative estimate of drug-likeness (QED) is 0.654. The fraction of sp³-hybridized carbons (Fsp3) is 0.167. The summed E-state index contributed by atoms with van der Waals surface area (Å²) in [4.78, 5) is 4.54. The van der Waals surface area contributed by atoms with Crippen LogP contribution in [0.5, 0.6) is 5.75 Å². The summed E-state index contributed by atoms with van der Waals surface area (Å²) < 4.78 is 7.40. The summed E-state index contributed by atoms with van der Waals surface area (Å²) in [6.45, 7) is 0. The topological polar surface area (TPSA) is 27.1 Å². The van der Waals surface area contributed by atoms with Gasteiger partial charge in [0.2, 0.25) is 0 Å². The van der Waals surface area contributed by atoms with Gasteiger partial charge < -0.3 is 9.30 Å². The third-order valence-corrected chi connectivity index (χ3v) is 4.63. The zero-order valence-corrected chi connectivity index (χ0v) is 13.5. The van der Waals surface area contributed by atoms with Crippen molar-refractivity contribution < 1.29 is 4.74 Å². The summed E-state index contributed by atoms with van der Waals surface area (Å²) >= 11 is 1.73. The molecule has 1 aromatic heterocycles. The van der Waals surface area contributed by atoms with E-state index in [1.807, 2.05) is 36.5 Å². The fourth-order valence-electron chi connectivity index (χ4n) is 2.31. The van der Waals surface area contributed by atoms with Crippen LogP contribution in [0.25, 0.3) is 11.3 Å². The Bertz CT molecular complexity index is 753. The van der Waals surface area contributed by atoms with Crippen LogP contribution in [-0.4, -0.2) is 16.7 Å². The van der Waals surface area contributed by atoms with Gasteiger partial charge in [0.05, 0.1) is 19.0 Å². The first kappa shape index (κ1) is 14.7. The first-order valence-electron chi connectivity index (χ1n) is 7.11. The lowest BCUT2D eigenvalue weighted by Crippen LogP contribution is -1.94. The predicted molar refractivity (Wildman–Crippen MR) is 91.2 cm³/mol. The van der Waals surface area contributed by atoms with Crippen molar-refractivity contribution in [2.75, 3.05) is 7.11 Å². The minimum absolute atomic E-state index is 0.871. The molecule has 4 heteroatoms. The van der Waals surface area contributed by atoms with Crippen molar-refractivity contribution in [3.05, 3.63) is 66.4 Å². The molecule has 0 spiro atoms. The highest BCUT2D eigenvalue weighted by atomic mass is 32.2. The number of rotatable bonds is 5. The minimum atomic E-state index is 0.871. The van der Waals surface area contributed by atoms with Crippen LogP contribution < -0.4 is 4.74 Å². The molecule has 0 amide bonds. The van der Waals surface area contributed by atoms with E-state index in [0.717, 1.165) is 22.4 Å². The average molecular weight is 310 g/mol.